The topological polar surface area (TPSA) is 80.4 Å². The molecule has 0 aromatic heterocycles. The van der Waals surface area contributed by atoms with E-state index in [-0.39, 0.29) is 5.91 Å². The summed E-state index contributed by atoms with van der Waals surface area (Å²) in [5, 5.41) is 8.53. The fraction of sp³-hybridized carbons (Fsp3) is 0.889. The number of amides is 1. The number of carboxylic acid groups (broad SMARTS) is 1. The van der Waals surface area contributed by atoms with Crippen molar-refractivity contribution in [2.24, 2.45) is 29.4 Å². The van der Waals surface area contributed by atoms with Gasteiger partial charge in [0.05, 0.1) is 0 Å². The van der Waals surface area contributed by atoms with Gasteiger partial charge in [0, 0.05) is 12.8 Å². The molecule has 2 rings (SSSR count). The van der Waals surface area contributed by atoms with Crippen molar-refractivity contribution >= 4 is 11.9 Å². The van der Waals surface area contributed by atoms with Crippen molar-refractivity contribution in [2.45, 2.75) is 78.1 Å². The van der Waals surface area contributed by atoms with Crippen molar-refractivity contribution in [1.82, 2.24) is 0 Å². The molecule has 0 unspecified atom stereocenters. The van der Waals surface area contributed by atoms with Crippen LogP contribution in [0.3, 0.4) is 0 Å². The molecule has 0 bridgehead atoms. The predicted octanol–water partition coefficient (Wildman–Crippen LogP) is 3.98. The van der Waals surface area contributed by atoms with Crippen LogP contribution >= 0.6 is 0 Å². The Kier molecular flexibility index (Phi) is 8.51. The molecule has 2 aliphatic carbocycles. The minimum Gasteiger partial charge on any atom is -0.481 e. The summed E-state index contributed by atoms with van der Waals surface area (Å²) in [6.07, 6.45) is 10.6. The maximum atomic E-state index is 10.6. The molecule has 0 aromatic carbocycles. The lowest BCUT2D eigenvalue weighted by atomic mass is 9.81. The maximum absolute atomic E-state index is 10.6. The molecular formula is C18H33NO3. The Labute approximate surface area is 134 Å². The fourth-order valence-corrected chi connectivity index (χ4v) is 3.60. The molecule has 4 nitrogen and oxygen atoms in total. The van der Waals surface area contributed by atoms with E-state index in [4.69, 9.17) is 10.8 Å². The minimum atomic E-state index is -0.635. The van der Waals surface area contributed by atoms with E-state index in [0.29, 0.717) is 24.7 Å². The molecule has 3 N–H and O–H groups in total. The highest BCUT2D eigenvalue weighted by molar-refractivity contribution is 5.73. The summed E-state index contributed by atoms with van der Waals surface area (Å²) in [5.41, 5.74) is 5.12. The molecule has 2 saturated carbocycles. The van der Waals surface area contributed by atoms with Gasteiger partial charge >= 0.3 is 5.97 Å². The normalized spacial score (nSPS) is 31.7. The van der Waals surface area contributed by atoms with Gasteiger partial charge in [-0.3, -0.25) is 9.59 Å². The number of nitrogens with two attached hydrogens (primary N) is 1. The molecule has 0 aliphatic heterocycles. The summed E-state index contributed by atoms with van der Waals surface area (Å²) >= 11 is 0. The molecule has 4 heteroatoms. The summed E-state index contributed by atoms with van der Waals surface area (Å²) < 4.78 is 0. The van der Waals surface area contributed by atoms with Crippen molar-refractivity contribution in [3.8, 4) is 0 Å². The Morgan fingerprint density at radius 2 is 1.18 bits per heavy atom. The first kappa shape index (κ1) is 19.0. The number of aliphatic carboxylic acids is 1. The van der Waals surface area contributed by atoms with Crippen LogP contribution in [0, 0.1) is 23.7 Å². The lowest BCUT2D eigenvalue weighted by Gasteiger charge is -2.24. The van der Waals surface area contributed by atoms with E-state index < -0.39 is 5.97 Å². The monoisotopic (exact) mass is 311 g/mol. The van der Waals surface area contributed by atoms with Crippen LogP contribution in [0.5, 0.6) is 0 Å². The van der Waals surface area contributed by atoms with Gasteiger partial charge in [0.25, 0.3) is 0 Å². The van der Waals surface area contributed by atoms with Crippen LogP contribution in [0.25, 0.3) is 0 Å². The first-order valence-corrected chi connectivity index (χ1v) is 8.86. The highest BCUT2D eigenvalue weighted by Gasteiger charge is 2.20. The number of carboxylic acids is 1. The van der Waals surface area contributed by atoms with Crippen LogP contribution < -0.4 is 5.73 Å². The highest BCUT2D eigenvalue weighted by atomic mass is 16.4. The summed E-state index contributed by atoms with van der Waals surface area (Å²) in [5.74, 6) is 1.96. The molecule has 2 aliphatic rings. The van der Waals surface area contributed by atoms with Gasteiger partial charge in [-0.1, -0.05) is 39.5 Å². The van der Waals surface area contributed by atoms with Crippen molar-refractivity contribution < 1.29 is 14.7 Å². The molecular weight excluding hydrogens is 278 g/mol. The summed E-state index contributed by atoms with van der Waals surface area (Å²) in [7, 11) is 0. The van der Waals surface area contributed by atoms with Crippen molar-refractivity contribution in [3.05, 3.63) is 0 Å². The summed E-state index contributed by atoms with van der Waals surface area (Å²) in [6.45, 7) is 4.53. The molecule has 0 spiro atoms. The molecule has 0 saturated heterocycles. The largest absolute Gasteiger partial charge is 0.481 e. The molecule has 22 heavy (non-hydrogen) atoms. The molecule has 128 valence electrons. The summed E-state index contributed by atoms with van der Waals surface area (Å²) in [6, 6.07) is 0. The van der Waals surface area contributed by atoms with E-state index in [0.717, 1.165) is 24.7 Å². The Morgan fingerprint density at radius 3 is 1.50 bits per heavy atom. The van der Waals surface area contributed by atoms with Gasteiger partial charge in [0.15, 0.2) is 0 Å². The van der Waals surface area contributed by atoms with Gasteiger partial charge in [-0.15, -0.1) is 0 Å². The third kappa shape index (κ3) is 8.40. The van der Waals surface area contributed by atoms with Gasteiger partial charge < -0.3 is 10.8 Å². The number of hydrogen-bond donors (Lipinski definition) is 2. The zero-order valence-electron chi connectivity index (χ0n) is 14.2. The lowest BCUT2D eigenvalue weighted by Crippen LogP contribution is -2.20. The third-order valence-electron chi connectivity index (χ3n) is 5.22. The van der Waals surface area contributed by atoms with Gasteiger partial charge in [0.1, 0.15) is 0 Å². The standard InChI is InChI=1S/C9H17NO.C9H16O2/c2*1-7-2-4-8(5-3-7)6-9(10)11/h7-8H,2-6H2,1H3,(H2,10,11);7-8H,2-6H2,1H3,(H,10,11). The molecule has 0 atom stereocenters. The Hall–Kier alpha value is -1.06. The maximum Gasteiger partial charge on any atom is 0.303 e. The number of hydrogen-bond acceptors (Lipinski definition) is 2. The van der Waals surface area contributed by atoms with Crippen LogP contribution in [0.1, 0.15) is 78.1 Å². The molecule has 0 heterocycles. The average Bonchev–Trinajstić information content (AvgIpc) is 2.44. The van der Waals surface area contributed by atoms with Crippen LogP contribution in [0.4, 0.5) is 0 Å². The van der Waals surface area contributed by atoms with Crippen LogP contribution in [0.2, 0.25) is 0 Å². The van der Waals surface area contributed by atoms with E-state index in [1.807, 2.05) is 0 Å². The van der Waals surface area contributed by atoms with Crippen molar-refractivity contribution in [3.63, 3.8) is 0 Å². The van der Waals surface area contributed by atoms with Crippen LogP contribution in [-0.2, 0) is 9.59 Å². The van der Waals surface area contributed by atoms with E-state index >= 15 is 0 Å². The van der Waals surface area contributed by atoms with Gasteiger partial charge in [0.2, 0.25) is 5.91 Å². The smallest absolute Gasteiger partial charge is 0.303 e. The van der Waals surface area contributed by atoms with E-state index in [1.54, 1.807) is 0 Å². The van der Waals surface area contributed by atoms with E-state index in [9.17, 15) is 9.59 Å². The molecule has 2 fully saturated rings. The van der Waals surface area contributed by atoms with Crippen LogP contribution in [-0.4, -0.2) is 17.0 Å². The molecule has 0 radical (unpaired) electrons. The minimum absolute atomic E-state index is 0.135. The van der Waals surface area contributed by atoms with E-state index in [2.05, 4.69) is 13.8 Å². The molecule has 1 amide bonds. The summed E-state index contributed by atoms with van der Waals surface area (Å²) in [4.78, 5) is 20.9. The fourth-order valence-electron chi connectivity index (χ4n) is 3.60. The quantitative estimate of drug-likeness (QED) is 0.824. The Balaban J connectivity index is 0.000000220. The number of carbonyl (C=O) groups excluding carboxylic acids is 1. The molecule has 0 aromatic rings. The van der Waals surface area contributed by atoms with E-state index in [1.165, 1.54) is 38.5 Å². The SMILES string of the molecule is CC1CCC(CC(=O)O)CC1.CC1CCC(CC(N)=O)CC1. The second-order valence-corrected chi connectivity index (χ2v) is 7.52. The van der Waals surface area contributed by atoms with Crippen molar-refractivity contribution in [2.75, 3.05) is 0 Å². The van der Waals surface area contributed by atoms with Crippen LogP contribution in [0.15, 0.2) is 0 Å². The van der Waals surface area contributed by atoms with Gasteiger partial charge in [-0.25, -0.2) is 0 Å². The Bertz CT molecular complexity index is 306. The van der Waals surface area contributed by atoms with Gasteiger partial charge in [-0.2, -0.15) is 0 Å². The second-order valence-electron chi connectivity index (χ2n) is 7.52. The Morgan fingerprint density at radius 1 is 0.818 bits per heavy atom. The zero-order valence-corrected chi connectivity index (χ0v) is 14.2. The predicted molar refractivity (Wildman–Crippen MR) is 88.3 cm³/mol. The number of rotatable bonds is 4. The van der Waals surface area contributed by atoms with Crippen molar-refractivity contribution in [1.29, 1.82) is 0 Å². The number of primary amides is 1. The third-order valence-corrected chi connectivity index (χ3v) is 5.22. The highest BCUT2D eigenvalue weighted by Crippen LogP contribution is 2.30. The first-order valence-electron chi connectivity index (χ1n) is 8.86. The average molecular weight is 311 g/mol. The zero-order chi connectivity index (χ0) is 16.5. The van der Waals surface area contributed by atoms with Gasteiger partial charge in [-0.05, 0) is 49.4 Å². The first-order chi connectivity index (χ1) is 10.4. The number of carbonyl (C=O) groups is 2. The second kappa shape index (κ2) is 9.86. The lowest BCUT2D eigenvalue weighted by molar-refractivity contribution is -0.138.